The standard InChI is InChI=1S/C20H26N2O2/c1-14(23)12-20(3,4)13-21-19(24)17-10-11-18(22-15(17)2)16-8-6-5-7-9-16/h5-11,14,23H,12-13H2,1-4H3,(H,21,24). The molecular weight excluding hydrogens is 300 g/mol. The van der Waals surface area contributed by atoms with Crippen molar-refractivity contribution in [2.75, 3.05) is 6.54 Å². The van der Waals surface area contributed by atoms with Gasteiger partial charge in [-0.3, -0.25) is 9.78 Å². The lowest BCUT2D eigenvalue weighted by Gasteiger charge is -2.26. The van der Waals surface area contributed by atoms with Gasteiger partial charge < -0.3 is 10.4 Å². The molecule has 2 aromatic rings. The Morgan fingerprint density at radius 2 is 1.88 bits per heavy atom. The van der Waals surface area contributed by atoms with Crippen molar-refractivity contribution in [3.05, 3.63) is 53.7 Å². The van der Waals surface area contributed by atoms with Crippen LogP contribution in [0.5, 0.6) is 0 Å². The van der Waals surface area contributed by atoms with Gasteiger partial charge in [-0.15, -0.1) is 0 Å². The van der Waals surface area contributed by atoms with E-state index in [1.54, 1.807) is 6.92 Å². The van der Waals surface area contributed by atoms with E-state index in [4.69, 9.17) is 0 Å². The van der Waals surface area contributed by atoms with Crippen molar-refractivity contribution >= 4 is 5.91 Å². The number of carbonyl (C=O) groups is 1. The molecule has 1 amide bonds. The fourth-order valence-electron chi connectivity index (χ4n) is 2.86. The van der Waals surface area contributed by atoms with Crippen LogP contribution < -0.4 is 5.32 Å². The van der Waals surface area contributed by atoms with E-state index in [9.17, 15) is 9.90 Å². The fraction of sp³-hybridized carbons (Fsp3) is 0.400. The highest BCUT2D eigenvalue weighted by Gasteiger charge is 2.22. The van der Waals surface area contributed by atoms with Crippen LogP contribution in [0.25, 0.3) is 11.3 Å². The molecule has 0 saturated heterocycles. The lowest BCUT2D eigenvalue weighted by molar-refractivity contribution is 0.0901. The maximum atomic E-state index is 12.4. The molecule has 128 valence electrons. The van der Waals surface area contributed by atoms with E-state index in [0.29, 0.717) is 24.2 Å². The first-order valence-corrected chi connectivity index (χ1v) is 8.28. The minimum atomic E-state index is -0.384. The van der Waals surface area contributed by atoms with Gasteiger partial charge in [0.05, 0.1) is 23.1 Å². The largest absolute Gasteiger partial charge is 0.393 e. The van der Waals surface area contributed by atoms with Crippen LogP contribution in [0, 0.1) is 12.3 Å². The minimum absolute atomic E-state index is 0.127. The molecule has 0 fully saturated rings. The van der Waals surface area contributed by atoms with Gasteiger partial charge in [0.1, 0.15) is 0 Å². The third-order valence-corrected chi connectivity index (χ3v) is 3.98. The summed E-state index contributed by atoms with van der Waals surface area (Å²) in [6.07, 6.45) is 0.253. The molecule has 0 aliphatic heterocycles. The lowest BCUT2D eigenvalue weighted by atomic mass is 9.87. The summed E-state index contributed by atoms with van der Waals surface area (Å²) in [5.41, 5.74) is 3.03. The van der Waals surface area contributed by atoms with Gasteiger partial charge in [-0.2, -0.15) is 0 Å². The molecule has 0 saturated carbocycles. The van der Waals surface area contributed by atoms with Crippen molar-refractivity contribution in [1.29, 1.82) is 0 Å². The van der Waals surface area contributed by atoms with Crippen LogP contribution >= 0.6 is 0 Å². The Kier molecular flexibility index (Phi) is 5.73. The Hall–Kier alpha value is -2.20. The summed E-state index contributed by atoms with van der Waals surface area (Å²) < 4.78 is 0. The third-order valence-electron chi connectivity index (χ3n) is 3.98. The molecule has 2 N–H and O–H groups in total. The number of pyridine rings is 1. The molecule has 0 bridgehead atoms. The number of rotatable bonds is 6. The Bertz CT molecular complexity index is 694. The van der Waals surface area contributed by atoms with E-state index < -0.39 is 0 Å². The molecule has 24 heavy (non-hydrogen) atoms. The van der Waals surface area contributed by atoms with Gasteiger partial charge in [0, 0.05) is 12.1 Å². The van der Waals surface area contributed by atoms with Crippen molar-refractivity contribution in [2.45, 2.75) is 40.2 Å². The summed E-state index contributed by atoms with van der Waals surface area (Å²) in [5, 5.41) is 12.5. The van der Waals surface area contributed by atoms with E-state index in [0.717, 1.165) is 11.3 Å². The molecule has 1 atom stereocenters. The molecule has 2 rings (SSSR count). The van der Waals surface area contributed by atoms with Gasteiger partial charge in [-0.25, -0.2) is 0 Å². The normalized spacial score (nSPS) is 12.7. The molecule has 0 radical (unpaired) electrons. The van der Waals surface area contributed by atoms with Gasteiger partial charge >= 0.3 is 0 Å². The average molecular weight is 326 g/mol. The Morgan fingerprint density at radius 3 is 2.46 bits per heavy atom. The predicted octanol–water partition coefficient (Wildman–Crippen LogP) is 3.58. The monoisotopic (exact) mass is 326 g/mol. The van der Waals surface area contributed by atoms with Crippen LogP contribution in [-0.4, -0.2) is 28.6 Å². The third kappa shape index (κ3) is 4.90. The smallest absolute Gasteiger partial charge is 0.253 e. The second kappa shape index (κ2) is 7.58. The quantitative estimate of drug-likeness (QED) is 0.853. The van der Waals surface area contributed by atoms with E-state index in [1.165, 1.54) is 0 Å². The first-order chi connectivity index (χ1) is 11.3. The molecule has 4 nitrogen and oxygen atoms in total. The van der Waals surface area contributed by atoms with Crippen molar-refractivity contribution in [3.63, 3.8) is 0 Å². The fourth-order valence-corrected chi connectivity index (χ4v) is 2.86. The Labute approximate surface area is 143 Å². The molecule has 1 aromatic heterocycles. The van der Waals surface area contributed by atoms with E-state index >= 15 is 0 Å². The second-order valence-corrected chi connectivity index (χ2v) is 7.10. The summed E-state index contributed by atoms with van der Waals surface area (Å²) in [5.74, 6) is -0.127. The number of hydrogen-bond donors (Lipinski definition) is 2. The van der Waals surface area contributed by atoms with Crippen molar-refractivity contribution in [1.82, 2.24) is 10.3 Å². The van der Waals surface area contributed by atoms with Gasteiger partial charge in [0.15, 0.2) is 0 Å². The van der Waals surface area contributed by atoms with E-state index in [1.807, 2.05) is 63.2 Å². The van der Waals surface area contributed by atoms with Crippen LogP contribution in [0.1, 0.15) is 43.2 Å². The molecule has 0 spiro atoms. The molecule has 1 unspecified atom stereocenters. The highest BCUT2D eigenvalue weighted by atomic mass is 16.3. The van der Waals surface area contributed by atoms with Gasteiger partial charge in [-0.1, -0.05) is 44.2 Å². The summed E-state index contributed by atoms with van der Waals surface area (Å²) in [6, 6.07) is 13.6. The van der Waals surface area contributed by atoms with Crippen molar-refractivity contribution in [2.24, 2.45) is 5.41 Å². The zero-order chi connectivity index (χ0) is 17.7. The van der Waals surface area contributed by atoms with Crippen LogP contribution in [-0.2, 0) is 0 Å². The predicted molar refractivity (Wildman–Crippen MR) is 96.8 cm³/mol. The number of aromatic nitrogens is 1. The summed E-state index contributed by atoms with van der Waals surface area (Å²) in [6.45, 7) is 8.19. The van der Waals surface area contributed by atoms with Gasteiger partial charge in [-0.05, 0) is 37.8 Å². The summed E-state index contributed by atoms with van der Waals surface area (Å²) in [4.78, 5) is 17.0. The zero-order valence-corrected chi connectivity index (χ0v) is 14.8. The highest BCUT2D eigenvalue weighted by Crippen LogP contribution is 2.22. The number of benzene rings is 1. The van der Waals surface area contributed by atoms with Crippen LogP contribution in [0.15, 0.2) is 42.5 Å². The van der Waals surface area contributed by atoms with Gasteiger partial charge in [0.2, 0.25) is 0 Å². The van der Waals surface area contributed by atoms with Crippen molar-refractivity contribution in [3.8, 4) is 11.3 Å². The number of nitrogens with zero attached hydrogens (tertiary/aromatic N) is 1. The molecular formula is C20H26N2O2. The van der Waals surface area contributed by atoms with Crippen LogP contribution in [0.2, 0.25) is 0 Å². The number of aryl methyl sites for hydroxylation is 1. The number of nitrogens with one attached hydrogen (secondary N) is 1. The zero-order valence-electron chi connectivity index (χ0n) is 14.8. The molecule has 1 aromatic carbocycles. The highest BCUT2D eigenvalue weighted by molar-refractivity contribution is 5.95. The Balaban J connectivity index is 2.08. The maximum Gasteiger partial charge on any atom is 0.253 e. The van der Waals surface area contributed by atoms with Crippen LogP contribution in [0.4, 0.5) is 0 Å². The number of aliphatic hydroxyl groups is 1. The van der Waals surface area contributed by atoms with Crippen LogP contribution in [0.3, 0.4) is 0 Å². The maximum absolute atomic E-state index is 12.4. The lowest BCUT2D eigenvalue weighted by Crippen LogP contribution is -2.36. The first kappa shape index (κ1) is 18.1. The average Bonchev–Trinajstić information content (AvgIpc) is 2.52. The summed E-state index contributed by atoms with van der Waals surface area (Å²) in [7, 11) is 0. The Morgan fingerprint density at radius 1 is 1.21 bits per heavy atom. The SMILES string of the molecule is Cc1nc(-c2ccccc2)ccc1C(=O)NCC(C)(C)CC(C)O. The first-order valence-electron chi connectivity index (χ1n) is 8.28. The van der Waals surface area contributed by atoms with Crippen molar-refractivity contribution < 1.29 is 9.90 Å². The topological polar surface area (TPSA) is 62.2 Å². The number of carbonyl (C=O) groups excluding carboxylic acids is 1. The number of aliphatic hydroxyl groups excluding tert-OH is 1. The van der Waals surface area contributed by atoms with E-state index in [-0.39, 0.29) is 17.4 Å². The minimum Gasteiger partial charge on any atom is -0.393 e. The number of hydrogen-bond acceptors (Lipinski definition) is 3. The molecule has 1 heterocycles. The van der Waals surface area contributed by atoms with E-state index in [2.05, 4.69) is 10.3 Å². The van der Waals surface area contributed by atoms with Gasteiger partial charge in [0.25, 0.3) is 5.91 Å². The number of amides is 1. The molecule has 4 heteroatoms. The molecule has 0 aliphatic rings. The second-order valence-electron chi connectivity index (χ2n) is 7.10. The molecule has 0 aliphatic carbocycles. The summed E-state index contributed by atoms with van der Waals surface area (Å²) >= 11 is 0.